The molecule has 0 radical (unpaired) electrons. The molecule has 0 bridgehead atoms. The zero-order valence-electron chi connectivity index (χ0n) is 11.0. The van der Waals surface area contributed by atoms with Crippen LogP contribution >= 0.6 is 11.3 Å². The number of hydrogen-bond acceptors (Lipinski definition) is 6. The summed E-state index contributed by atoms with van der Waals surface area (Å²) in [6.07, 6.45) is 1.10. The maximum absolute atomic E-state index is 11.9. The second kappa shape index (κ2) is 5.34. The summed E-state index contributed by atoms with van der Waals surface area (Å²) in [6.45, 7) is 2.45. The molecule has 1 aliphatic rings. The molecule has 2 aromatic rings. The molecule has 1 unspecified atom stereocenters. The molecule has 1 atom stereocenters. The summed E-state index contributed by atoms with van der Waals surface area (Å²) in [7, 11) is 0. The van der Waals surface area contributed by atoms with Gasteiger partial charge in [-0.1, -0.05) is 0 Å². The molecule has 1 saturated heterocycles. The van der Waals surface area contributed by atoms with Crippen LogP contribution in [0.4, 0.5) is 0 Å². The Kier molecular flexibility index (Phi) is 3.54. The number of nitrogens with zero attached hydrogens (tertiary/aromatic N) is 2. The van der Waals surface area contributed by atoms with Gasteiger partial charge in [0.25, 0.3) is 5.56 Å². The van der Waals surface area contributed by atoms with Crippen molar-refractivity contribution < 1.29 is 14.3 Å². The Balaban J connectivity index is 1.74. The standard InChI is InChI=1S/C13H14N2O4S/c1-8-7-20-13-14-9(5-11(16)15(8)13)6-19-12(17)10-3-2-4-18-10/h5,7,10H,2-4,6H2,1H3. The smallest absolute Gasteiger partial charge is 0.335 e. The number of fused-ring (bicyclic) bond motifs is 1. The van der Waals surface area contributed by atoms with Gasteiger partial charge in [-0.3, -0.25) is 9.20 Å². The second-order valence-corrected chi connectivity index (χ2v) is 5.53. The molecule has 0 aliphatic carbocycles. The number of aryl methyl sites for hydroxylation is 1. The van der Waals surface area contributed by atoms with Crippen LogP contribution in [0.25, 0.3) is 4.96 Å². The Morgan fingerprint density at radius 1 is 1.65 bits per heavy atom. The lowest BCUT2D eigenvalue weighted by atomic mass is 10.2. The third-order valence-corrected chi connectivity index (χ3v) is 4.13. The van der Waals surface area contributed by atoms with Crippen molar-refractivity contribution in [3.8, 4) is 0 Å². The minimum atomic E-state index is -0.469. The molecule has 0 N–H and O–H groups in total. The highest BCUT2D eigenvalue weighted by Crippen LogP contribution is 2.15. The van der Waals surface area contributed by atoms with Gasteiger partial charge >= 0.3 is 5.97 Å². The fourth-order valence-corrected chi connectivity index (χ4v) is 3.07. The molecule has 3 rings (SSSR count). The maximum atomic E-state index is 11.9. The molecule has 0 saturated carbocycles. The Morgan fingerprint density at radius 3 is 3.25 bits per heavy atom. The Hall–Kier alpha value is -1.73. The highest BCUT2D eigenvalue weighted by atomic mass is 32.1. The number of ether oxygens (including phenoxy) is 2. The van der Waals surface area contributed by atoms with Gasteiger partial charge < -0.3 is 9.47 Å². The van der Waals surface area contributed by atoms with Gasteiger partial charge in [0.15, 0.2) is 11.1 Å². The van der Waals surface area contributed by atoms with E-state index in [2.05, 4.69) is 4.98 Å². The van der Waals surface area contributed by atoms with Crippen LogP contribution in [0.3, 0.4) is 0 Å². The van der Waals surface area contributed by atoms with Crippen molar-refractivity contribution in [1.29, 1.82) is 0 Å². The molecule has 1 aliphatic heterocycles. The molecule has 2 aromatic heterocycles. The second-order valence-electron chi connectivity index (χ2n) is 4.69. The first-order valence-electron chi connectivity index (χ1n) is 6.40. The summed E-state index contributed by atoms with van der Waals surface area (Å²) in [4.78, 5) is 28.6. The molecule has 0 aromatic carbocycles. The minimum absolute atomic E-state index is 0.00137. The predicted molar refractivity (Wildman–Crippen MR) is 72.8 cm³/mol. The lowest BCUT2D eigenvalue weighted by Gasteiger charge is -2.09. The average molecular weight is 294 g/mol. The third kappa shape index (κ3) is 2.46. The largest absolute Gasteiger partial charge is 0.457 e. The quantitative estimate of drug-likeness (QED) is 0.798. The SMILES string of the molecule is Cc1csc2nc(COC(=O)C3CCCO3)cc(=O)n12. The summed E-state index contributed by atoms with van der Waals surface area (Å²) >= 11 is 1.39. The number of hydrogen-bond donors (Lipinski definition) is 0. The number of esters is 1. The van der Waals surface area contributed by atoms with E-state index in [9.17, 15) is 9.59 Å². The Labute approximate surface area is 119 Å². The van der Waals surface area contributed by atoms with Crippen molar-refractivity contribution >= 4 is 22.3 Å². The first-order chi connectivity index (χ1) is 9.65. The van der Waals surface area contributed by atoms with E-state index in [4.69, 9.17) is 9.47 Å². The molecule has 3 heterocycles. The average Bonchev–Trinajstić information content (AvgIpc) is 3.06. The van der Waals surface area contributed by atoms with Crippen molar-refractivity contribution in [2.45, 2.75) is 32.5 Å². The highest BCUT2D eigenvalue weighted by Gasteiger charge is 2.25. The fraction of sp³-hybridized carbons (Fsp3) is 0.462. The van der Waals surface area contributed by atoms with E-state index in [1.807, 2.05) is 12.3 Å². The Bertz CT molecular complexity index is 700. The van der Waals surface area contributed by atoms with Crippen molar-refractivity contribution in [2.24, 2.45) is 0 Å². The molecule has 0 spiro atoms. The van der Waals surface area contributed by atoms with Gasteiger partial charge in [-0.2, -0.15) is 0 Å². The van der Waals surface area contributed by atoms with Gasteiger partial charge in [0.2, 0.25) is 0 Å². The summed E-state index contributed by atoms with van der Waals surface area (Å²) in [5, 5.41) is 1.87. The number of carbonyl (C=O) groups is 1. The number of thiazole rings is 1. The van der Waals surface area contributed by atoms with Crippen LogP contribution in [0.15, 0.2) is 16.2 Å². The van der Waals surface area contributed by atoms with Crippen molar-refractivity contribution in [2.75, 3.05) is 6.61 Å². The number of aromatic nitrogens is 2. The van der Waals surface area contributed by atoms with Gasteiger partial charge in [0.1, 0.15) is 6.61 Å². The first kappa shape index (κ1) is 13.3. The summed E-state index contributed by atoms with van der Waals surface area (Å²) in [5.41, 5.74) is 1.16. The van der Waals surface area contributed by atoms with Crippen LogP contribution in [-0.2, 0) is 20.9 Å². The van der Waals surface area contributed by atoms with Gasteiger partial charge in [0.05, 0.1) is 5.69 Å². The zero-order valence-corrected chi connectivity index (χ0v) is 11.8. The monoisotopic (exact) mass is 294 g/mol. The number of rotatable bonds is 3. The van der Waals surface area contributed by atoms with E-state index in [1.165, 1.54) is 21.8 Å². The van der Waals surface area contributed by atoms with E-state index < -0.39 is 6.10 Å². The van der Waals surface area contributed by atoms with Crippen LogP contribution in [0.5, 0.6) is 0 Å². The molecule has 20 heavy (non-hydrogen) atoms. The van der Waals surface area contributed by atoms with Crippen molar-refractivity contribution in [3.05, 3.63) is 33.2 Å². The minimum Gasteiger partial charge on any atom is -0.457 e. The van der Waals surface area contributed by atoms with E-state index in [-0.39, 0.29) is 18.1 Å². The topological polar surface area (TPSA) is 69.9 Å². The maximum Gasteiger partial charge on any atom is 0.335 e. The molecule has 0 amide bonds. The molecule has 7 heteroatoms. The zero-order chi connectivity index (χ0) is 14.1. The molecule has 6 nitrogen and oxygen atoms in total. The molecule has 106 valence electrons. The van der Waals surface area contributed by atoms with Crippen molar-refractivity contribution in [1.82, 2.24) is 9.38 Å². The predicted octanol–water partition coefficient (Wildman–Crippen LogP) is 1.29. The van der Waals surface area contributed by atoms with Crippen LogP contribution < -0.4 is 5.56 Å². The molecule has 1 fully saturated rings. The van der Waals surface area contributed by atoms with E-state index in [1.54, 1.807) is 0 Å². The number of carbonyl (C=O) groups excluding carboxylic acids is 1. The Morgan fingerprint density at radius 2 is 2.50 bits per heavy atom. The lowest BCUT2D eigenvalue weighted by Crippen LogP contribution is -2.23. The third-order valence-electron chi connectivity index (χ3n) is 3.18. The highest BCUT2D eigenvalue weighted by molar-refractivity contribution is 7.15. The summed E-state index contributed by atoms with van der Waals surface area (Å²) in [5.74, 6) is -0.383. The molecular weight excluding hydrogens is 280 g/mol. The van der Waals surface area contributed by atoms with Crippen LogP contribution in [0.2, 0.25) is 0 Å². The van der Waals surface area contributed by atoms with E-state index in [0.717, 1.165) is 12.1 Å². The summed E-state index contributed by atoms with van der Waals surface area (Å²) in [6, 6.07) is 1.40. The van der Waals surface area contributed by atoms with Crippen molar-refractivity contribution in [3.63, 3.8) is 0 Å². The van der Waals surface area contributed by atoms with Crippen LogP contribution in [0, 0.1) is 6.92 Å². The molecular formula is C13H14N2O4S. The van der Waals surface area contributed by atoms with Crippen LogP contribution in [-0.4, -0.2) is 28.1 Å². The van der Waals surface area contributed by atoms with E-state index in [0.29, 0.717) is 23.7 Å². The van der Waals surface area contributed by atoms with Crippen LogP contribution in [0.1, 0.15) is 24.2 Å². The van der Waals surface area contributed by atoms with E-state index >= 15 is 0 Å². The van der Waals surface area contributed by atoms with Gasteiger partial charge in [-0.15, -0.1) is 11.3 Å². The van der Waals surface area contributed by atoms with Gasteiger partial charge in [-0.25, -0.2) is 9.78 Å². The van der Waals surface area contributed by atoms with Gasteiger partial charge in [0, 0.05) is 23.7 Å². The first-order valence-corrected chi connectivity index (χ1v) is 7.28. The fourth-order valence-electron chi connectivity index (χ4n) is 2.18. The summed E-state index contributed by atoms with van der Waals surface area (Å²) < 4.78 is 11.9. The normalized spacial score (nSPS) is 18.6. The lowest BCUT2D eigenvalue weighted by molar-refractivity contribution is -0.155. The van der Waals surface area contributed by atoms with Gasteiger partial charge in [-0.05, 0) is 19.8 Å².